The van der Waals surface area contributed by atoms with Crippen molar-refractivity contribution in [1.82, 2.24) is 14.5 Å². The Labute approximate surface area is 113 Å². The second-order valence-electron chi connectivity index (χ2n) is 4.38. The Morgan fingerprint density at radius 3 is 2.70 bits per heavy atom. The summed E-state index contributed by atoms with van der Waals surface area (Å²) in [7, 11) is 0. The molecule has 0 saturated heterocycles. The lowest BCUT2D eigenvalue weighted by molar-refractivity contribution is 0.0699. The molecule has 0 saturated carbocycles. The van der Waals surface area contributed by atoms with E-state index >= 15 is 0 Å². The van der Waals surface area contributed by atoms with Crippen LogP contribution < -0.4 is 5.69 Å². The van der Waals surface area contributed by atoms with Gasteiger partial charge in [-0.05, 0) is 29.8 Å². The predicted molar refractivity (Wildman–Crippen MR) is 72.9 cm³/mol. The molecule has 0 bridgehead atoms. The lowest BCUT2D eigenvalue weighted by Gasteiger charge is -2.03. The zero-order chi connectivity index (χ0) is 14.1. The number of aromatic carboxylic acids is 1. The molecule has 0 radical (unpaired) electrons. The third kappa shape index (κ3) is 1.97. The van der Waals surface area contributed by atoms with Gasteiger partial charge >= 0.3 is 11.7 Å². The van der Waals surface area contributed by atoms with E-state index in [1.54, 1.807) is 24.5 Å². The first-order valence-electron chi connectivity index (χ1n) is 6.00. The molecule has 0 unspecified atom stereocenters. The Bertz CT molecular complexity index is 834. The van der Waals surface area contributed by atoms with E-state index in [1.807, 2.05) is 12.1 Å². The third-order valence-electron chi connectivity index (χ3n) is 3.13. The van der Waals surface area contributed by atoms with Crippen LogP contribution in [0.25, 0.3) is 11.0 Å². The summed E-state index contributed by atoms with van der Waals surface area (Å²) < 4.78 is 1.51. The maximum Gasteiger partial charge on any atom is 0.337 e. The number of aromatic nitrogens is 3. The van der Waals surface area contributed by atoms with E-state index in [0.29, 0.717) is 17.6 Å². The highest BCUT2D eigenvalue weighted by Gasteiger charge is 2.14. The number of fused-ring (bicyclic) bond motifs is 1. The average molecular weight is 269 g/mol. The normalized spacial score (nSPS) is 10.8. The summed E-state index contributed by atoms with van der Waals surface area (Å²) in [5.41, 5.74) is 1.60. The minimum Gasteiger partial charge on any atom is -0.478 e. The van der Waals surface area contributed by atoms with Crippen LogP contribution in [0.4, 0.5) is 0 Å². The molecular weight excluding hydrogens is 258 g/mol. The number of carboxylic acid groups (broad SMARTS) is 1. The molecule has 0 atom stereocenters. The van der Waals surface area contributed by atoms with E-state index in [0.717, 1.165) is 5.56 Å². The van der Waals surface area contributed by atoms with Crippen LogP contribution >= 0.6 is 0 Å². The van der Waals surface area contributed by atoms with E-state index in [4.69, 9.17) is 5.11 Å². The number of nitrogens with one attached hydrogen (secondary N) is 1. The van der Waals surface area contributed by atoms with Gasteiger partial charge in [0.05, 0.1) is 23.1 Å². The van der Waals surface area contributed by atoms with Crippen molar-refractivity contribution in [3.8, 4) is 0 Å². The second-order valence-corrected chi connectivity index (χ2v) is 4.38. The van der Waals surface area contributed by atoms with Gasteiger partial charge in [-0.3, -0.25) is 9.55 Å². The van der Waals surface area contributed by atoms with E-state index in [9.17, 15) is 9.59 Å². The Morgan fingerprint density at radius 1 is 1.25 bits per heavy atom. The number of hydrogen-bond donors (Lipinski definition) is 2. The fourth-order valence-corrected chi connectivity index (χ4v) is 2.19. The summed E-state index contributed by atoms with van der Waals surface area (Å²) in [5.74, 6) is -1.06. The van der Waals surface area contributed by atoms with Gasteiger partial charge in [0.1, 0.15) is 0 Å². The molecule has 20 heavy (non-hydrogen) atoms. The van der Waals surface area contributed by atoms with E-state index in [1.165, 1.54) is 10.6 Å². The van der Waals surface area contributed by atoms with Crippen molar-refractivity contribution in [3.63, 3.8) is 0 Å². The van der Waals surface area contributed by atoms with E-state index in [-0.39, 0.29) is 11.3 Å². The summed E-state index contributed by atoms with van der Waals surface area (Å²) in [6, 6.07) is 8.44. The number of nitrogens with zero attached hydrogens (tertiary/aromatic N) is 2. The van der Waals surface area contributed by atoms with Gasteiger partial charge in [0, 0.05) is 12.4 Å². The van der Waals surface area contributed by atoms with Crippen LogP contribution in [0, 0.1) is 0 Å². The molecule has 6 heteroatoms. The molecule has 0 fully saturated rings. The molecule has 6 nitrogen and oxygen atoms in total. The maximum absolute atomic E-state index is 12.0. The molecule has 2 N–H and O–H groups in total. The van der Waals surface area contributed by atoms with Crippen molar-refractivity contribution in [1.29, 1.82) is 0 Å². The zero-order valence-corrected chi connectivity index (χ0v) is 10.4. The van der Waals surface area contributed by atoms with Crippen molar-refractivity contribution < 1.29 is 9.90 Å². The predicted octanol–water partition coefficient (Wildman–Crippen LogP) is 1.47. The minimum atomic E-state index is -1.06. The molecule has 2 heterocycles. The van der Waals surface area contributed by atoms with Gasteiger partial charge < -0.3 is 10.1 Å². The first-order chi connectivity index (χ1) is 9.66. The highest BCUT2D eigenvalue weighted by atomic mass is 16.4. The van der Waals surface area contributed by atoms with Gasteiger partial charge in [-0.25, -0.2) is 9.59 Å². The Morgan fingerprint density at radius 2 is 2.00 bits per heavy atom. The lowest BCUT2D eigenvalue weighted by atomic mass is 10.2. The van der Waals surface area contributed by atoms with Crippen LogP contribution in [0.1, 0.15) is 15.9 Å². The third-order valence-corrected chi connectivity index (χ3v) is 3.13. The van der Waals surface area contributed by atoms with E-state index in [2.05, 4.69) is 9.97 Å². The first-order valence-corrected chi connectivity index (χ1v) is 6.00. The number of para-hydroxylation sites is 1. The molecule has 0 aliphatic rings. The molecule has 1 aromatic carbocycles. The quantitative estimate of drug-likeness (QED) is 0.753. The van der Waals surface area contributed by atoms with Gasteiger partial charge in [-0.1, -0.05) is 6.07 Å². The molecule has 0 spiro atoms. The number of aromatic amines is 1. The molecular formula is C14H11N3O3. The zero-order valence-electron chi connectivity index (χ0n) is 10.4. The molecule has 3 aromatic rings. The summed E-state index contributed by atoms with van der Waals surface area (Å²) in [5, 5.41) is 9.13. The highest BCUT2D eigenvalue weighted by Crippen LogP contribution is 2.16. The number of imidazole rings is 1. The number of carbonyl (C=O) groups is 1. The fourth-order valence-electron chi connectivity index (χ4n) is 2.19. The molecule has 0 amide bonds. The molecule has 0 aliphatic heterocycles. The summed E-state index contributed by atoms with van der Waals surface area (Å²) >= 11 is 0. The van der Waals surface area contributed by atoms with Gasteiger partial charge in [0.15, 0.2) is 0 Å². The molecule has 100 valence electrons. The van der Waals surface area contributed by atoms with Crippen molar-refractivity contribution in [2.75, 3.05) is 0 Å². The molecule has 3 rings (SSSR count). The lowest BCUT2D eigenvalue weighted by Crippen LogP contribution is -2.17. The number of rotatable bonds is 3. The SMILES string of the molecule is O=C(O)c1cccc2c1[nH]c(=O)n2Cc1ccncc1. The van der Waals surface area contributed by atoms with Crippen molar-refractivity contribution in [3.05, 3.63) is 64.3 Å². The van der Waals surface area contributed by atoms with Crippen LogP contribution in [-0.4, -0.2) is 25.6 Å². The van der Waals surface area contributed by atoms with Crippen molar-refractivity contribution in [2.45, 2.75) is 6.54 Å². The van der Waals surface area contributed by atoms with Crippen LogP contribution in [0.3, 0.4) is 0 Å². The first kappa shape index (κ1) is 12.2. The topological polar surface area (TPSA) is 88.0 Å². The largest absolute Gasteiger partial charge is 0.478 e. The van der Waals surface area contributed by atoms with Crippen LogP contribution in [0.5, 0.6) is 0 Å². The fraction of sp³-hybridized carbons (Fsp3) is 0.0714. The molecule has 0 aliphatic carbocycles. The number of hydrogen-bond acceptors (Lipinski definition) is 3. The smallest absolute Gasteiger partial charge is 0.337 e. The summed E-state index contributed by atoms with van der Waals surface area (Å²) in [4.78, 5) is 29.7. The number of benzene rings is 1. The van der Waals surface area contributed by atoms with Gasteiger partial charge in [0.25, 0.3) is 0 Å². The van der Waals surface area contributed by atoms with Crippen LogP contribution in [0.15, 0.2) is 47.5 Å². The number of pyridine rings is 1. The van der Waals surface area contributed by atoms with Gasteiger partial charge in [0.2, 0.25) is 0 Å². The summed E-state index contributed by atoms with van der Waals surface area (Å²) in [6.07, 6.45) is 3.30. The summed E-state index contributed by atoms with van der Waals surface area (Å²) in [6.45, 7) is 0.366. The van der Waals surface area contributed by atoms with Crippen LogP contribution in [0.2, 0.25) is 0 Å². The molecule has 2 aromatic heterocycles. The Hall–Kier alpha value is -2.89. The Kier molecular flexibility index (Phi) is 2.83. The average Bonchev–Trinajstić information content (AvgIpc) is 2.76. The van der Waals surface area contributed by atoms with Crippen LogP contribution in [-0.2, 0) is 6.54 Å². The highest BCUT2D eigenvalue weighted by molar-refractivity contribution is 6.00. The second kappa shape index (κ2) is 4.65. The maximum atomic E-state index is 12.0. The van der Waals surface area contributed by atoms with Crippen molar-refractivity contribution in [2.24, 2.45) is 0 Å². The van der Waals surface area contributed by atoms with Gasteiger partial charge in [-0.2, -0.15) is 0 Å². The minimum absolute atomic E-state index is 0.0908. The van der Waals surface area contributed by atoms with Gasteiger partial charge in [-0.15, -0.1) is 0 Å². The monoisotopic (exact) mass is 269 g/mol. The van der Waals surface area contributed by atoms with Crippen molar-refractivity contribution >= 4 is 17.0 Å². The number of H-pyrrole nitrogens is 1. The standard InChI is InChI=1S/C14H11N3O3/c18-13(19)10-2-1-3-11-12(10)16-14(20)17(11)8-9-4-6-15-7-5-9/h1-7H,8H2,(H,16,20)(H,18,19). The van der Waals surface area contributed by atoms with E-state index < -0.39 is 5.97 Å². The Balaban J connectivity index is 2.17. The number of carboxylic acids is 1.